The van der Waals surface area contributed by atoms with Crippen LogP contribution in [-0.4, -0.2) is 36.2 Å². The van der Waals surface area contributed by atoms with E-state index in [4.69, 9.17) is 16.7 Å². The summed E-state index contributed by atoms with van der Waals surface area (Å²) in [5, 5.41) is 12.1. The molecular weight excluding hydrogens is 314 g/mol. The lowest BCUT2D eigenvalue weighted by atomic mass is 10.2. The normalized spacial score (nSPS) is 10.7. The van der Waals surface area contributed by atoms with Crippen LogP contribution in [0, 0.1) is 0 Å². The van der Waals surface area contributed by atoms with Crippen molar-refractivity contribution in [3.63, 3.8) is 0 Å². The average Bonchev–Trinajstić information content (AvgIpc) is 2.55. The predicted octanol–water partition coefficient (Wildman–Crippen LogP) is 2.82. The first kappa shape index (κ1) is 17.0. The van der Waals surface area contributed by atoms with Crippen molar-refractivity contribution >= 4 is 35.0 Å². The molecule has 0 saturated carbocycles. The molecule has 2 N–H and O–H groups in total. The lowest BCUT2D eigenvalue weighted by Gasteiger charge is -2.18. The van der Waals surface area contributed by atoms with Crippen LogP contribution in [0.4, 0.5) is 11.4 Å². The highest BCUT2D eigenvalue weighted by molar-refractivity contribution is 6.29. The van der Waals surface area contributed by atoms with E-state index in [-0.39, 0.29) is 12.5 Å². The molecule has 1 aromatic heterocycles. The number of hydrogen-bond donors (Lipinski definition) is 2. The van der Waals surface area contributed by atoms with Gasteiger partial charge in [-0.3, -0.25) is 4.79 Å². The molecule has 0 unspecified atom stereocenters. The Kier molecular flexibility index (Phi) is 6.14. The number of carbonyl (C=O) groups is 1. The molecule has 0 radical (unpaired) electrons. The molecule has 5 nitrogen and oxygen atoms in total. The number of aliphatic hydroxyl groups excluding tert-OH is 1. The Bertz CT molecular complexity index is 669. The summed E-state index contributed by atoms with van der Waals surface area (Å²) in [4.78, 5) is 17.8. The zero-order valence-corrected chi connectivity index (χ0v) is 13.5. The van der Waals surface area contributed by atoms with Gasteiger partial charge in [-0.1, -0.05) is 17.7 Å². The molecule has 2 aromatic rings. The Morgan fingerprint density at radius 1 is 1.30 bits per heavy atom. The largest absolute Gasteiger partial charge is 0.395 e. The molecule has 1 aromatic carbocycles. The van der Waals surface area contributed by atoms with E-state index in [1.165, 1.54) is 6.08 Å². The number of aromatic nitrogens is 1. The number of amides is 1. The number of carbonyl (C=O) groups excluding carboxylic acids is 1. The Labute approximate surface area is 140 Å². The van der Waals surface area contributed by atoms with Gasteiger partial charge in [0.1, 0.15) is 5.15 Å². The van der Waals surface area contributed by atoms with Gasteiger partial charge in [-0.2, -0.15) is 0 Å². The number of pyridine rings is 1. The van der Waals surface area contributed by atoms with Crippen molar-refractivity contribution in [2.75, 3.05) is 30.4 Å². The number of halogens is 1. The monoisotopic (exact) mass is 331 g/mol. The number of rotatable bonds is 6. The van der Waals surface area contributed by atoms with Crippen molar-refractivity contribution in [3.05, 3.63) is 59.4 Å². The molecule has 0 bridgehead atoms. The maximum absolute atomic E-state index is 11.9. The average molecular weight is 332 g/mol. The van der Waals surface area contributed by atoms with Gasteiger partial charge in [0.2, 0.25) is 5.91 Å². The van der Waals surface area contributed by atoms with Crippen molar-refractivity contribution in [2.24, 2.45) is 0 Å². The number of aliphatic hydroxyl groups is 1. The third kappa shape index (κ3) is 5.39. The maximum atomic E-state index is 11.9. The first-order valence-corrected chi connectivity index (χ1v) is 7.49. The van der Waals surface area contributed by atoms with E-state index in [2.05, 4.69) is 10.3 Å². The van der Waals surface area contributed by atoms with E-state index < -0.39 is 0 Å². The fourth-order valence-corrected chi connectivity index (χ4v) is 2.03. The minimum atomic E-state index is -0.226. The molecule has 23 heavy (non-hydrogen) atoms. The highest BCUT2D eigenvalue weighted by Crippen LogP contribution is 2.16. The van der Waals surface area contributed by atoms with Gasteiger partial charge in [-0.25, -0.2) is 4.98 Å². The highest BCUT2D eigenvalue weighted by Gasteiger charge is 2.02. The summed E-state index contributed by atoms with van der Waals surface area (Å²) in [5.41, 5.74) is 2.47. The number of likely N-dealkylation sites (N-methyl/N-ethyl adjacent to an activating group) is 1. The molecule has 0 fully saturated rings. The minimum absolute atomic E-state index is 0.0966. The molecule has 6 heteroatoms. The molecule has 0 saturated heterocycles. The summed E-state index contributed by atoms with van der Waals surface area (Å²) in [6.45, 7) is 0.656. The number of nitrogens with zero attached hydrogens (tertiary/aromatic N) is 2. The first-order valence-electron chi connectivity index (χ1n) is 7.11. The number of anilines is 2. The molecule has 0 aliphatic carbocycles. The summed E-state index contributed by atoms with van der Waals surface area (Å²) < 4.78 is 0. The zero-order valence-electron chi connectivity index (χ0n) is 12.7. The fourth-order valence-electron chi connectivity index (χ4n) is 1.92. The fraction of sp³-hybridized carbons (Fsp3) is 0.176. The van der Waals surface area contributed by atoms with Gasteiger partial charge in [0.15, 0.2) is 0 Å². The topological polar surface area (TPSA) is 65.5 Å². The SMILES string of the molecule is CN(CCO)c1ccc(NC(=O)/C=C/c2ccc(Cl)nc2)cc1. The van der Waals surface area contributed by atoms with Crippen LogP contribution in [0.25, 0.3) is 6.08 Å². The Morgan fingerprint density at radius 2 is 2.04 bits per heavy atom. The van der Waals surface area contributed by atoms with Crippen LogP contribution < -0.4 is 10.2 Å². The molecule has 0 atom stereocenters. The minimum Gasteiger partial charge on any atom is -0.395 e. The lowest BCUT2D eigenvalue weighted by molar-refractivity contribution is -0.111. The summed E-state index contributed by atoms with van der Waals surface area (Å²) in [7, 11) is 1.90. The number of nitrogens with one attached hydrogen (secondary N) is 1. The van der Waals surface area contributed by atoms with E-state index in [1.807, 2.05) is 36.2 Å². The standard InChI is InChI=1S/C17H18ClN3O2/c1-21(10-11-22)15-6-4-14(5-7-15)20-17(23)9-3-13-2-8-16(18)19-12-13/h2-9,12,22H,10-11H2,1H3,(H,20,23)/b9-3+. The van der Waals surface area contributed by atoms with Gasteiger partial charge in [-0.05, 0) is 42.0 Å². The van der Waals surface area contributed by atoms with Gasteiger partial charge in [0, 0.05) is 37.2 Å². The molecular formula is C17H18ClN3O2. The maximum Gasteiger partial charge on any atom is 0.248 e. The first-order chi connectivity index (χ1) is 11.1. The van der Waals surface area contributed by atoms with Crippen LogP contribution in [-0.2, 0) is 4.79 Å². The van der Waals surface area contributed by atoms with Gasteiger partial charge in [0.05, 0.1) is 6.61 Å². The smallest absolute Gasteiger partial charge is 0.248 e. The van der Waals surface area contributed by atoms with E-state index in [0.717, 1.165) is 11.3 Å². The van der Waals surface area contributed by atoms with Crippen LogP contribution in [0.5, 0.6) is 0 Å². The number of benzene rings is 1. The molecule has 1 heterocycles. The summed E-state index contributed by atoms with van der Waals surface area (Å²) in [6, 6.07) is 10.9. The quantitative estimate of drug-likeness (QED) is 0.631. The van der Waals surface area contributed by atoms with E-state index in [0.29, 0.717) is 17.4 Å². The second-order valence-corrected chi connectivity index (χ2v) is 5.32. The van der Waals surface area contributed by atoms with Crippen molar-refractivity contribution < 1.29 is 9.90 Å². The van der Waals surface area contributed by atoms with Crippen LogP contribution in [0.3, 0.4) is 0 Å². The second-order valence-electron chi connectivity index (χ2n) is 4.93. The van der Waals surface area contributed by atoms with Crippen molar-refractivity contribution in [3.8, 4) is 0 Å². The van der Waals surface area contributed by atoms with Gasteiger partial charge in [0.25, 0.3) is 0 Å². The van der Waals surface area contributed by atoms with Crippen LogP contribution in [0.1, 0.15) is 5.56 Å². The van der Waals surface area contributed by atoms with Crippen LogP contribution in [0.2, 0.25) is 5.15 Å². The molecule has 2 rings (SSSR count). The second kappa shape index (κ2) is 8.31. The van der Waals surface area contributed by atoms with Gasteiger partial charge in [-0.15, -0.1) is 0 Å². The Balaban J connectivity index is 1.93. The third-order valence-electron chi connectivity index (χ3n) is 3.19. The Morgan fingerprint density at radius 3 is 2.65 bits per heavy atom. The molecule has 120 valence electrons. The lowest BCUT2D eigenvalue weighted by Crippen LogP contribution is -2.20. The molecule has 0 aliphatic rings. The molecule has 0 aliphatic heterocycles. The van der Waals surface area contributed by atoms with Crippen molar-refractivity contribution in [2.45, 2.75) is 0 Å². The van der Waals surface area contributed by atoms with Crippen LogP contribution >= 0.6 is 11.6 Å². The summed E-state index contributed by atoms with van der Waals surface area (Å²) in [5.74, 6) is -0.226. The van der Waals surface area contributed by atoms with Crippen molar-refractivity contribution in [1.29, 1.82) is 0 Å². The third-order valence-corrected chi connectivity index (χ3v) is 3.41. The van der Waals surface area contributed by atoms with Gasteiger partial charge < -0.3 is 15.3 Å². The predicted molar refractivity (Wildman–Crippen MR) is 93.7 cm³/mol. The van der Waals surface area contributed by atoms with E-state index in [1.54, 1.807) is 24.4 Å². The summed E-state index contributed by atoms with van der Waals surface area (Å²) in [6.07, 6.45) is 4.71. The summed E-state index contributed by atoms with van der Waals surface area (Å²) >= 11 is 5.70. The van der Waals surface area contributed by atoms with E-state index >= 15 is 0 Å². The highest BCUT2D eigenvalue weighted by atomic mass is 35.5. The van der Waals surface area contributed by atoms with Crippen molar-refractivity contribution in [1.82, 2.24) is 4.98 Å². The molecule has 0 spiro atoms. The van der Waals surface area contributed by atoms with Crippen LogP contribution in [0.15, 0.2) is 48.7 Å². The van der Waals surface area contributed by atoms with Gasteiger partial charge >= 0.3 is 0 Å². The Hall–Kier alpha value is -2.37. The number of hydrogen-bond acceptors (Lipinski definition) is 4. The molecule has 1 amide bonds. The van der Waals surface area contributed by atoms with E-state index in [9.17, 15) is 4.79 Å². The zero-order chi connectivity index (χ0) is 16.7.